The van der Waals surface area contributed by atoms with Crippen LogP contribution in [0.5, 0.6) is 0 Å². The highest BCUT2D eigenvalue weighted by Crippen LogP contribution is 2.40. The van der Waals surface area contributed by atoms with Gasteiger partial charge in [0.1, 0.15) is 0 Å². The highest BCUT2D eigenvalue weighted by molar-refractivity contribution is 7.13. The Morgan fingerprint density at radius 1 is 0.929 bits per heavy atom. The van der Waals surface area contributed by atoms with E-state index in [1.807, 2.05) is 17.5 Å². The number of hydrogen-bond donors (Lipinski definition) is 0. The van der Waals surface area contributed by atoms with Crippen molar-refractivity contribution in [1.82, 2.24) is 0 Å². The molecule has 0 fully saturated rings. The van der Waals surface area contributed by atoms with E-state index in [4.69, 9.17) is 34.8 Å². The van der Waals surface area contributed by atoms with Crippen LogP contribution in [-0.2, 0) is 0 Å². The molecule has 0 bridgehead atoms. The largest absolute Gasteiger partial charge is 0.144 e. The van der Waals surface area contributed by atoms with E-state index in [0.717, 1.165) is 10.4 Å². The van der Waals surface area contributed by atoms with Gasteiger partial charge < -0.3 is 0 Å². The summed E-state index contributed by atoms with van der Waals surface area (Å²) >= 11 is 19.6. The number of halogens is 3. The predicted octanol–water partition coefficient (Wildman–Crippen LogP) is 5.38. The zero-order chi connectivity index (χ0) is 10.1. The van der Waals surface area contributed by atoms with Crippen molar-refractivity contribution in [2.75, 3.05) is 0 Å². The first kappa shape index (κ1) is 10.3. The lowest BCUT2D eigenvalue weighted by molar-refractivity contribution is 1.69. The van der Waals surface area contributed by atoms with Crippen LogP contribution in [0.15, 0.2) is 29.6 Å². The van der Waals surface area contributed by atoms with E-state index in [2.05, 4.69) is 0 Å². The van der Waals surface area contributed by atoms with Crippen LogP contribution >= 0.6 is 46.1 Å². The van der Waals surface area contributed by atoms with Crippen LogP contribution in [0.1, 0.15) is 0 Å². The van der Waals surface area contributed by atoms with E-state index >= 15 is 0 Å². The average Bonchev–Trinajstić information content (AvgIpc) is 2.65. The number of rotatable bonds is 1. The van der Waals surface area contributed by atoms with Gasteiger partial charge in [-0.05, 0) is 23.6 Å². The number of benzene rings is 1. The van der Waals surface area contributed by atoms with E-state index in [0.29, 0.717) is 15.1 Å². The lowest BCUT2D eigenvalue weighted by Gasteiger charge is -2.05. The third-order valence-electron chi connectivity index (χ3n) is 1.81. The van der Waals surface area contributed by atoms with Crippen molar-refractivity contribution >= 4 is 46.1 Å². The van der Waals surface area contributed by atoms with Gasteiger partial charge in [-0.15, -0.1) is 11.3 Å². The first-order valence-corrected chi connectivity index (χ1v) is 5.89. The molecule has 0 saturated carbocycles. The van der Waals surface area contributed by atoms with Gasteiger partial charge in [-0.3, -0.25) is 0 Å². The summed E-state index contributed by atoms with van der Waals surface area (Å²) in [6, 6.07) is 7.37. The molecule has 0 spiro atoms. The van der Waals surface area contributed by atoms with Crippen LogP contribution in [0.3, 0.4) is 0 Å². The van der Waals surface area contributed by atoms with Crippen molar-refractivity contribution in [3.63, 3.8) is 0 Å². The highest BCUT2D eigenvalue weighted by Gasteiger charge is 2.11. The van der Waals surface area contributed by atoms with Gasteiger partial charge in [0, 0.05) is 10.4 Å². The van der Waals surface area contributed by atoms with Crippen molar-refractivity contribution in [2.24, 2.45) is 0 Å². The molecule has 0 N–H and O–H groups in total. The zero-order valence-corrected chi connectivity index (χ0v) is 10.0. The summed E-state index contributed by atoms with van der Waals surface area (Å²) in [4.78, 5) is 1.03. The van der Waals surface area contributed by atoms with Gasteiger partial charge in [0.05, 0.1) is 15.1 Å². The van der Waals surface area contributed by atoms with E-state index in [1.54, 1.807) is 23.5 Å². The third kappa shape index (κ3) is 1.78. The maximum atomic E-state index is 6.08. The summed E-state index contributed by atoms with van der Waals surface area (Å²) in [6.45, 7) is 0. The van der Waals surface area contributed by atoms with Crippen LogP contribution in [0.4, 0.5) is 0 Å². The second-order valence-corrected chi connectivity index (χ2v) is 4.84. The number of hydrogen-bond acceptors (Lipinski definition) is 1. The van der Waals surface area contributed by atoms with Gasteiger partial charge in [-0.25, -0.2) is 0 Å². The van der Waals surface area contributed by atoms with Crippen LogP contribution < -0.4 is 0 Å². The first-order valence-electron chi connectivity index (χ1n) is 3.87. The monoisotopic (exact) mass is 262 g/mol. The minimum atomic E-state index is 0.515. The Labute approximate surface area is 101 Å². The molecule has 0 saturated heterocycles. The molecule has 2 aromatic rings. The fourth-order valence-corrected chi connectivity index (χ4v) is 2.81. The summed E-state index contributed by atoms with van der Waals surface area (Å²) in [5, 5.41) is 3.64. The fourth-order valence-electron chi connectivity index (χ4n) is 1.17. The minimum absolute atomic E-state index is 0.515. The Morgan fingerprint density at radius 2 is 1.64 bits per heavy atom. The molecule has 0 unspecified atom stereocenters. The second kappa shape index (κ2) is 4.11. The molecule has 72 valence electrons. The molecule has 0 radical (unpaired) electrons. The molecule has 4 heteroatoms. The summed E-state index contributed by atoms with van der Waals surface area (Å²) < 4.78 is 0. The van der Waals surface area contributed by atoms with Gasteiger partial charge in [0.15, 0.2) is 0 Å². The van der Waals surface area contributed by atoms with E-state index in [-0.39, 0.29) is 0 Å². The maximum absolute atomic E-state index is 6.08. The van der Waals surface area contributed by atoms with Crippen LogP contribution in [0, 0.1) is 0 Å². The zero-order valence-electron chi connectivity index (χ0n) is 6.93. The summed E-state index contributed by atoms with van der Waals surface area (Å²) in [5.74, 6) is 0. The maximum Gasteiger partial charge on any atom is 0.0693 e. The molecule has 1 aromatic heterocycles. The smallest absolute Gasteiger partial charge is 0.0693 e. The lowest BCUT2D eigenvalue weighted by Crippen LogP contribution is -1.78. The Bertz CT molecular complexity index is 449. The Balaban J connectivity index is 2.69. The van der Waals surface area contributed by atoms with Crippen LogP contribution in [0.25, 0.3) is 10.4 Å². The van der Waals surface area contributed by atoms with E-state index in [1.165, 1.54) is 0 Å². The molecule has 0 aliphatic heterocycles. The first-order chi connectivity index (χ1) is 6.70. The third-order valence-corrected chi connectivity index (χ3v) is 3.82. The summed E-state index contributed by atoms with van der Waals surface area (Å²) in [7, 11) is 0. The molecule has 1 aromatic carbocycles. The highest BCUT2D eigenvalue weighted by atomic mass is 35.5. The molecular formula is C10H5Cl3S. The van der Waals surface area contributed by atoms with E-state index in [9.17, 15) is 0 Å². The van der Waals surface area contributed by atoms with Gasteiger partial charge in [0.25, 0.3) is 0 Å². The van der Waals surface area contributed by atoms with Gasteiger partial charge in [-0.1, -0.05) is 40.9 Å². The lowest BCUT2D eigenvalue weighted by atomic mass is 10.2. The Morgan fingerprint density at radius 3 is 2.29 bits per heavy atom. The van der Waals surface area contributed by atoms with Crippen molar-refractivity contribution in [2.45, 2.75) is 0 Å². The van der Waals surface area contributed by atoms with Gasteiger partial charge >= 0.3 is 0 Å². The fraction of sp³-hybridized carbons (Fsp3) is 0. The standard InChI is InChI=1S/C10H5Cl3S/c11-6-3-4-7(12)10(13)9(6)8-2-1-5-14-8/h1-5H. The predicted molar refractivity (Wildman–Crippen MR) is 64.8 cm³/mol. The quantitative estimate of drug-likeness (QED) is 0.606. The van der Waals surface area contributed by atoms with Gasteiger partial charge in [-0.2, -0.15) is 0 Å². The summed E-state index contributed by atoms with van der Waals surface area (Å²) in [6.07, 6.45) is 0. The molecule has 0 aliphatic rings. The van der Waals surface area contributed by atoms with Crippen LogP contribution in [-0.4, -0.2) is 0 Å². The number of thiophene rings is 1. The van der Waals surface area contributed by atoms with Gasteiger partial charge in [0.2, 0.25) is 0 Å². The minimum Gasteiger partial charge on any atom is -0.144 e. The van der Waals surface area contributed by atoms with Crippen molar-refractivity contribution < 1.29 is 0 Å². The SMILES string of the molecule is Clc1ccc(Cl)c(-c2cccs2)c1Cl. The molecule has 0 nitrogen and oxygen atoms in total. The van der Waals surface area contributed by atoms with Crippen LogP contribution in [0.2, 0.25) is 15.1 Å². The normalized spacial score (nSPS) is 10.5. The Kier molecular flexibility index (Phi) is 3.03. The van der Waals surface area contributed by atoms with Crippen molar-refractivity contribution in [3.05, 3.63) is 44.7 Å². The summed E-state index contributed by atoms with van der Waals surface area (Å²) in [5.41, 5.74) is 0.816. The van der Waals surface area contributed by atoms with Crippen molar-refractivity contribution in [3.8, 4) is 10.4 Å². The van der Waals surface area contributed by atoms with Crippen molar-refractivity contribution in [1.29, 1.82) is 0 Å². The molecule has 0 amide bonds. The van der Waals surface area contributed by atoms with E-state index < -0.39 is 0 Å². The molecule has 1 heterocycles. The molecule has 0 aliphatic carbocycles. The molecule has 0 atom stereocenters. The average molecular weight is 264 g/mol. The Hall–Kier alpha value is -0.210. The molecule has 14 heavy (non-hydrogen) atoms. The molecule has 2 rings (SSSR count). The molecular weight excluding hydrogens is 259 g/mol. The topological polar surface area (TPSA) is 0 Å². The second-order valence-electron chi connectivity index (χ2n) is 2.70.